The van der Waals surface area contributed by atoms with Crippen LogP contribution in [0.4, 0.5) is 0 Å². The molecule has 0 saturated heterocycles. The molecule has 4 nitrogen and oxygen atoms in total. The first-order valence-corrected chi connectivity index (χ1v) is 6.43. The molecule has 18 heavy (non-hydrogen) atoms. The van der Waals surface area contributed by atoms with Crippen molar-refractivity contribution in [2.45, 2.75) is 32.7 Å². The molecule has 0 amide bonds. The molecule has 0 radical (unpaired) electrons. The van der Waals surface area contributed by atoms with Crippen molar-refractivity contribution < 1.29 is 0 Å². The molecule has 0 fully saturated rings. The molecule has 0 saturated carbocycles. The molecule has 0 bridgehead atoms. The second-order valence-electron chi connectivity index (χ2n) is 4.54. The Morgan fingerprint density at radius 3 is 2.61 bits per heavy atom. The molecule has 2 aromatic rings. The van der Waals surface area contributed by atoms with Gasteiger partial charge in [-0.1, -0.05) is 37.3 Å². The third kappa shape index (κ3) is 2.59. The first-order chi connectivity index (χ1) is 8.74. The van der Waals surface area contributed by atoms with Crippen LogP contribution < -0.4 is 5.32 Å². The van der Waals surface area contributed by atoms with E-state index in [4.69, 9.17) is 0 Å². The van der Waals surface area contributed by atoms with Crippen LogP contribution in [0.2, 0.25) is 0 Å². The molecule has 1 aromatic carbocycles. The van der Waals surface area contributed by atoms with E-state index in [1.807, 2.05) is 41.2 Å². The molecule has 0 spiro atoms. The lowest BCUT2D eigenvalue weighted by molar-refractivity contribution is 0.479. The maximum Gasteiger partial charge on any atom is 0.0733 e. The molecule has 0 aliphatic heterocycles. The number of nitrogens with one attached hydrogen (secondary N) is 1. The smallest absolute Gasteiger partial charge is 0.0733 e. The normalized spacial score (nSPS) is 14.4. The van der Waals surface area contributed by atoms with Crippen LogP contribution in [0.3, 0.4) is 0 Å². The van der Waals surface area contributed by atoms with E-state index in [2.05, 4.69) is 36.4 Å². The highest BCUT2D eigenvalue weighted by atomic mass is 15.4. The van der Waals surface area contributed by atoms with Crippen molar-refractivity contribution in [2.24, 2.45) is 0 Å². The van der Waals surface area contributed by atoms with Gasteiger partial charge in [0.2, 0.25) is 0 Å². The standard InChI is InChI=1S/C14H20N4/c1-4-15-12(3)11(2)14-10-16-17-18(14)13-8-6-5-7-9-13/h5-12,15H,4H2,1-3H3. The Labute approximate surface area is 108 Å². The summed E-state index contributed by atoms with van der Waals surface area (Å²) in [6.07, 6.45) is 1.85. The molecule has 1 aromatic heterocycles. The Morgan fingerprint density at radius 1 is 1.22 bits per heavy atom. The molecule has 2 rings (SSSR count). The van der Waals surface area contributed by atoms with Gasteiger partial charge in [0.05, 0.1) is 17.6 Å². The zero-order chi connectivity index (χ0) is 13.0. The molecule has 2 atom stereocenters. The van der Waals surface area contributed by atoms with Crippen LogP contribution in [0.5, 0.6) is 0 Å². The molecule has 4 heteroatoms. The summed E-state index contributed by atoms with van der Waals surface area (Å²) in [6.45, 7) is 7.48. The zero-order valence-electron chi connectivity index (χ0n) is 11.2. The van der Waals surface area contributed by atoms with Crippen LogP contribution in [0, 0.1) is 0 Å². The van der Waals surface area contributed by atoms with Gasteiger partial charge in [0.15, 0.2) is 0 Å². The van der Waals surface area contributed by atoms with E-state index in [0.717, 1.165) is 17.9 Å². The van der Waals surface area contributed by atoms with Crippen LogP contribution in [-0.4, -0.2) is 27.6 Å². The molecule has 1 heterocycles. The summed E-state index contributed by atoms with van der Waals surface area (Å²) in [5.74, 6) is 0.361. The zero-order valence-corrected chi connectivity index (χ0v) is 11.2. The van der Waals surface area contributed by atoms with Gasteiger partial charge in [0.1, 0.15) is 0 Å². The minimum Gasteiger partial charge on any atom is -0.314 e. The third-order valence-electron chi connectivity index (χ3n) is 3.32. The quantitative estimate of drug-likeness (QED) is 0.878. The highest BCUT2D eigenvalue weighted by Crippen LogP contribution is 2.20. The Balaban J connectivity index is 2.28. The fraction of sp³-hybridized carbons (Fsp3) is 0.429. The van der Waals surface area contributed by atoms with E-state index >= 15 is 0 Å². The number of hydrogen-bond acceptors (Lipinski definition) is 3. The number of rotatable bonds is 5. The van der Waals surface area contributed by atoms with Crippen LogP contribution in [-0.2, 0) is 0 Å². The van der Waals surface area contributed by atoms with E-state index in [0.29, 0.717) is 12.0 Å². The van der Waals surface area contributed by atoms with Gasteiger partial charge < -0.3 is 5.32 Å². The van der Waals surface area contributed by atoms with Crippen molar-refractivity contribution in [1.82, 2.24) is 20.3 Å². The lowest BCUT2D eigenvalue weighted by Gasteiger charge is -2.21. The van der Waals surface area contributed by atoms with Crippen LogP contribution in [0.15, 0.2) is 36.5 Å². The van der Waals surface area contributed by atoms with Crippen LogP contribution >= 0.6 is 0 Å². The highest BCUT2D eigenvalue weighted by molar-refractivity contribution is 5.32. The van der Waals surface area contributed by atoms with Crippen LogP contribution in [0.25, 0.3) is 5.69 Å². The number of aromatic nitrogens is 3. The minimum atomic E-state index is 0.361. The molecule has 2 unspecified atom stereocenters. The number of nitrogens with zero attached hydrogens (tertiary/aromatic N) is 3. The average molecular weight is 244 g/mol. The predicted octanol–water partition coefficient (Wildman–Crippen LogP) is 2.37. The number of benzene rings is 1. The molecular weight excluding hydrogens is 224 g/mol. The van der Waals surface area contributed by atoms with E-state index < -0.39 is 0 Å². The number of para-hydroxylation sites is 1. The summed E-state index contributed by atoms with van der Waals surface area (Å²) in [5.41, 5.74) is 2.19. The van der Waals surface area contributed by atoms with Gasteiger partial charge in [-0.15, -0.1) is 5.10 Å². The van der Waals surface area contributed by atoms with Crippen molar-refractivity contribution >= 4 is 0 Å². The molecular formula is C14H20N4. The summed E-state index contributed by atoms with van der Waals surface area (Å²) in [5, 5.41) is 11.7. The van der Waals surface area contributed by atoms with Crippen molar-refractivity contribution in [3.8, 4) is 5.69 Å². The topological polar surface area (TPSA) is 42.7 Å². The largest absolute Gasteiger partial charge is 0.314 e. The number of hydrogen-bond donors (Lipinski definition) is 1. The summed E-state index contributed by atoms with van der Waals surface area (Å²) in [6, 6.07) is 10.5. The van der Waals surface area contributed by atoms with Crippen LogP contribution in [0.1, 0.15) is 32.4 Å². The van der Waals surface area contributed by atoms with Gasteiger partial charge >= 0.3 is 0 Å². The molecule has 1 N–H and O–H groups in total. The van der Waals surface area contributed by atoms with E-state index in [1.54, 1.807) is 0 Å². The van der Waals surface area contributed by atoms with Gasteiger partial charge in [-0.25, -0.2) is 4.68 Å². The lowest BCUT2D eigenvalue weighted by Crippen LogP contribution is -2.31. The monoisotopic (exact) mass is 244 g/mol. The van der Waals surface area contributed by atoms with E-state index in [-0.39, 0.29) is 0 Å². The summed E-state index contributed by atoms with van der Waals surface area (Å²) in [7, 11) is 0. The first-order valence-electron chi connectivity index (χ1n) is 6.43. The van der Waals surface area contributed by atoms with Gasteiger partial charge in [-0.2, -0.15) is 0 Å². The Kier molecular flexibility index (Phi) is 4.10. The first kappa shape index (κ1) is 12.8. The minimum absolute atomic E-state index is 0.361. The average Bonchev–Trinajstić information content (AvgIpc) is 2.88. The van der Waals surface area contributed by atoms with Crippen molar-refractivity contribution in [3.63, 3.8) is 0 Å². The molecule has 0 aliphatic rings. The van der Waals surface area contributed by atoms with E-state index in [1.165, 1.54) is 0 Å². The second-order valence-corrected chi connectivity index (χ2v) is 4.54. The van der Waals surface area contributed by atoms with Gasteiger partial charge in [-0.05, 0) is 25.6 Å². The second kappa shape index (κ2) is 5.78. The SMILES string of the molecule is CCNC(C)C(C)c1cnnn1-c1ccccc1. The van der Waals surface area contributed by atoms with E-state index in [9.17, 15) is 0 Å². The number of likely N-dealkylation sites (N-methyl/N-ethyl adjacent to an activating group) is 1. The maximum absolute atomic E-state index is 4.19. The highest BCUT2D eigenvalue weighted by Gasteiger charge is 2.18. The predicted molar refractivity (Wildman–Crippen MR) is 72.9 cm³/mol. The Bertz CT molecular complexity index is 478. The molecule has 96 valence electrons. The summed E-state index contributed by atoms with van der Waals surface area (Å²) in [4.78, 5) is 0. The Hall–Kier alpha value is -1.68. The fourth-order valence-corrected chi connectivity index (χ4v) is 2.08. The summed E-state index contributed by atoms with van der Waals surface area (Å²) >= 11 is 0. The van der Waals surface area contributed by atoms with Gasteiger partial charge in [0, 0.05) is 12.0 Å². The van der Waals surface area contributed by atoms with Gasteiger partial charge in [-0.3, -0.25) is 0 Å². The fourth-order valence-electron chi connectivity index (χ4n) is 2.08. The lowest BCUT2D eigenvalue weighted by atomic mass is 10.00. The van der Waals surface area contributed by atoms with Crippen molar-refractivity contribution in [3.05, 3.63) is 42.2 Å². The van der Waals surface area contributed by atoms with Crippen molar-refractivity contribution in [1.29, 1.82) is 0 Å². The summed E-state index contributed by atoms with van der Waals surface area (Å²) < 4.78 is 1.92. The van der Waals surface area contributed by atoms with Crippen molar-refractivity contribution in [2.75, 3.05) is 6.54 Å². The van der Waals surface area contributed by atoms with Gasteiger partial charge in [0.25, 0.3) is 0 Å². The molecule has 0 aliphatic carbocycles. The third-order valence-corrected chi connectivity index (χ3v) is 3.32. The Morgan fingerprint density at radius 2 is 1.94 bits per heavy atom. The maximum atomic E-state index is 4.19.